The topological polar surface area (TPSA) is 0 Å². The summed E-state index contributed by atoms with van der Waals surface area (Å²) in [5, 5.41) is 0. The van der Waals surface area contributed by atoms with Crippen LogP contribution in [0.2, 0.25) is 0 Å². The van der Waals surface area contributed by atoms with E-state index in [2.05, 4.69) is 48.5 Å². The highest BCUT2D eigenvalue weighted by atomic mass is 14.0. The minimum absolute atomic E-state index is 1.28. The Morgan fingerprint density at radius 2 is 0.326 bits per heavy atom. The Labute approximate surface area is 294 Å². The molecule has 0 N–H and O–H groups in total. The lowest BCUT2D eigenvalue weighted by atomic mass is 10.1. The van der Waals surface area contributed by atoms with Crippen molar-refractivity contribution in [1.82, 2.24) is 0 Å². The quantitative estimate of drug-likeness (QED) is 0.182. The summed E-state index contributed by atoms with van der Waals surface area (Å²) in [4.78, 5) is 0. The lowest BCUT2D eigenvalue weighted by Crippen LogP contribution is -1.73. The smallest absolute Gasteiger partial charge is 0.0184 e. The van der Waals surface area contributed by atoms with E-state index in [1.807, 2.05) is 236 Å². The fraction of sp³-hybridized carbons (Fsp3) is 0.435. The van der Waals surface area contributed by atoms with E-state index in [0.29, 0.717) is 0 Å². The summed E-state index contributed by atoms with van der Waals surface area (Å²) in [6.45, 7) is 40.0. The molecule has 0 aliphatic rings. The van der Waals surface area contributed by atoms with Gasteiger partial charge in [-0.05, 0) is 25.0 Å². The molecule has 4 rings (SSSR count). The Morgan fingerprint density at radius 3 is 0.435 bits per heavy atom. The van der Waals surface area contributed by atoms with Gasteiger partial charge in [0.05, 0.1) is 0 Å². The third-order valence-corrected chi connectivity index (χ3v) is 3.55. The Bertz CT molecular complexity index is 678. The maximum absolute atomic E-state index is 2.12. The molecule has 0 saturated carbocycles. The van der Waals surface area contributed by atoms with Crippen molar-refractivity contribution in [3.63, 3.8) is 0 Å². The van der Waals surface area contributed by atoms with Crippen LogP contribution in [-0.2, 0) is 0 Å². The SMILES string of the molecule is C/C=C/C.CC.CC.CC.CC.CC.CC.CC.CC.CC.c1ccc(-c2ccccc2)cc1.c1ccccc1.c1ccccc1. The van der Waals surface area contributed by atoms with Crippen molar-refractivity contribution >= 4 is 0 Å². The number of hydrogen-bond acceptors (Lipinski definition) is 0. The number of benzene rings is 4. The molecule has 0 radical (unpaired) electrons. The molecule has 4 aromatic rings. The number of hydrogen-bond donors (Lipinski definition) is 0. The summed E-state index contributed by atoms with van der Waals surface area (Å²) in [5.41, 5.74) is 2.55. The summed E-state index contributed by atoms with van der Waals surface area (Å²) in [7, 11) is 0. The van der Waals surface area contributed by atoms with Gasteiger partial charge in [-0.15, -0.1) is 0 Å². The monoisotopic (exact) mass is 637 g/mol. The van der Waals surface area contributed by atoms with Crippen molar-refractivity contribution in [2.24, 2.45) is 0 Å². The zero-order valence-corrected chi connectivity index (χ0v) is 34.9. The second kappa shape index (κ2) is 96.9. The highest BCUT2D eigenvalue weighted by Crippen LogP contribution is 2.17. The lowest BCUT2D eigenvalue weighted by Gasteiger charge is -1.98. The fourth-order valence-corrected chi connectivity index (χ4v) is 2.03. The third-order valence-electron chi connectivity index (χ3n) is 3.55. The highest BCUT2D eigenvalue weighted by Gasteiger charge is 1.91. The Morgan fingerprint density at radius 1 is 0.217 bits per heavy atom. The Balaban J connectivity index is -0.0000000507. The summed E-state index contributed by atoms with van der Waals surface area (Å²) in [6.07, 6.45) is 4.00. The van der Waals surface area contributed by atoms with Crippen molar-refractivity contribution in [3.8, 4) is 11.1 Å². The molecule has 268 valence electrons. The Hall–Kier alpha value is -3.38. The van der Waals surface area contributed by atoms with Gasteiger partial charge in [0.25, 0.3) is 0 Å². The van der Waals surface area contributed by atoms with E-state index in [0.717, 1.165) is 0 Å². The molecule has 0 heterocycles. The minimum atomic E-state index is 1.28. The molecule has 0 aliphatic heterocycles. The molecule has 4 aromatic carbocycles. The number of allylic oxidation sites excluding steroid dienone is 2. The largest absolute Gasteiger partial charge is 0.0919 e. The molecule has 46 heavy (non-hydrogen) atoms. The summed E-state index contributed by atoms with van der Waals surface area (Å²) < 4.78 is 0. The predicted molar refractivity (Wildman–Crippen MR) is 227 cm³/mol. The van der Waals surface area contributed by atoms with E-state index in [4.69, 9.17) is 0 Å². The van der Waals surface area contributed by atoms with Crippen LogP contribution in [0.3, 0.4) is 0 Å². The predicted octanol–water partition coefficient (Wildman–Crippen LogP) is 17.5. The second-order valence-corrected chi connectivity index (χ2v) is 5.71. The van der Waals surface area contributed by atoms with Crippen molar-refractivity contribution in [3.05, 3.63) is 146 Å². The molecule has 0 unspecified atom stereocenters. The van der Waals surface area contributed by atoms with Crippen LogP contribution in [0, 0.1) is 0 Å². The van der Waals surface area contributed by atoms with Crippen molar-refractivity contribution in [2.45, 2.75) is 138 Å². The summed E-state index contributed by atoms with van der Waals surface area (Å²) in [6, 6.07) is 44.8. The van der Waals surface area contributed by atoms with Crippen LogP contribution in [0.25, 0.3) is 11.1 Å². The van der Waals surface area contributed by atoms with Gasteiger partial charge < -0.3 is 0 Å². The molecule has 0 aliphatic carbocycles. The van der Waals surface area contributed by atoms with Crippen molar-refractivity contribution in [1.29, 1.82) is 0 Å². The molecule has 0 aromatic heterocycles. The van der Waals surface area contributed by atoms with E-state index < -0.39 is 0 Å². The first-order valence-corrected chi connectivity index (χ1v) is 18.6. The van der Waals surface area contributed by atoms with Gasteiger partial charge in [0, 0.05) is 0 Å². The van der Waals surface area contributed by atoms with E-state index >= 15 is 0 Å². The zero-order valence-electron chi connectivity index (χ0n) is 34.9. The Kier molecular flexibility index (Phi) is 138. The molecule has 0 amide bonds. The minimum Gasteiger partial charge on any atom is -0.0919 e. The van der Waals surface area contributed by atoms with Crippen LogP contribution in [0.5, 0.6) is 0 Å². The standard InChI is InChI=1S/C12H10.2C6H6.C4H8.9C2H6/c1-3-7-11(8-4-1)12-9-5-2-6-10-12;2*1-2-4-6-5-3-1;1-3-4-2;9*1-2/h1-10H;2*1-6H;3-4H,1-2H3;9*1-2H3/b;;;4-3+;;;;;;;;;. The van der Waals surface area contributed by atoms with Crippen LogP contribution in [-0.4, -0.2) is 0 Å². The van der Waals surface area contributed by atoms with Crippen molar-refractivity contribution in [2.75, 3.05) is 0 Å². The summed E-state index contributed by atoms with van der Waals surface area (Å²) >= 11 is 0. The first kappa shape index (κ1) is 65.3. The normalized spacial score (nSPS) is 6.61. The molecular weight excluding hydrogens is 553 g/mol. The molecule has 0 spiro atoms. The van der Waals surface area contributed by atoms with Gasteiger partial charge in [-0.3, -0.25) is 0 Å². The van der Waals surface area contributed by atoms with Gasteiger partial charge in [0.15, 0.2) is 0 Å². The first-order chi connectivity index (χ1) is 22.9. The molecule has 0 heteroatoms. The average Bonchev–Trinajstić information content (AvgIpc) is 3.24. The van der Waals surface area contributed by atoms with Crippen LogP contribution in [0.1, 0.15) is 138 Å². The molecule has 0 bridgehead atoms. The van der Waals surface area contributed by atoms with Gasteiger partial charge in [0.2, 0.25) is 0 Å². The van der Waals surface area contributed by atoms with Crippen molar-refractivity contribution < 1.29 is 0 Å². The van der Waals surface area contributed by atoms with E-state index in [9.17, 15) is 0 Å². The van der Waals surface area contributed by atoms with Gasteiger partial charge in [-0.25, -0.2) is 0 Å². The van der Waals surface area contributed by atoms with Gasteiger partial charge in [0.1, 0.15) is 0 Å². The zero-order chi connectivity index (χ0) is 38.1. The number of rotatable bonds is 1. The van der Waals surface area contributed by atoms with Gasteiger partial charge in [-0.2, -0.15) is 0 Å². The van der Waals surface area contributed by atoms with Gasteiger partial charge >= 0.3 is 0 Å². The van der Waals surface area contributed by atoms with Crippen LogP contribution < -0.4 is 0 Å². The molecule has 0 fully saturated rings. The van der Waals surface area contributed by atoms with Crippen LogP contribution in [0.4, 0.5) is 0 Å². The lowest BCUT2D eigenvalue weighted by molar-refractivity contribution is 1.50. The van der Waals surface area contributed by atoms with E-state index in [1.54, 1.807) is 0 Å². The van der Waals surface area contributed by atoms with E-state index in [-0.39, 0.29) is 0 Å². The van der Waals surface area contributed by atoms with Gasteiger partial charge in [-0.1, -0.05) is 270 Å². The summed E-state index contributed by atoms with van der Waals surface area (Å²) in [5.74, 6) is 0. The van der Waals surface area contributed by atoms with Crippen LogP contribution >= 0.6 is 0 Å². The maximum Gasteiger partial charge on any atom is -0.0184 e. The van der Waals surface area contributed by atoms with E-state index in [1.165, 1.54) is 11.1 Å². The third kappa shape index (κ3) is 72.7. The first-order valence-electron chi connectivity index (χ1n) is 18.6. The molecule has 0 atom stereocenters. The molecular formula is C46H84. The maximum atomic E-state index is 2.12. The highest BCUT2D eigenvalue weighted by molar-refractivity contribution is 5.62. The average molecular weight is 637 g/mol. The van der Waals surface area contributed by atoms with Crippen LogP contribution in [0.15, 0.2) is 146 Å². The fourth-order valence-electron chi connectivity index (χ4n) is 2.03. The molecule has 0 saturated heterocycles. The second-order valence-electron chi connectivity index (χ2n) is 5.71. The molecule has 0 nitrogen and oxygen atoms in total.